The molecule has 0 aliphatic heterocycles. The van der Waals surface area contributed by atoms with Crippen molar-refractivity contribution in [2.75, 3.05) is 0 Å². The predicted octanol–water partition coefficient (Wildman–Crippen LogP) is 4.11. The highest BCUT2D eigenvalue weighted by Crippen LogP contribution is 2.43. The van der Waals surface area contributed by atoms with E-state index < -0.39 is 0 Å². The SMILES string of the molecule is Cc1ccccc1CN(Cc1cccnc1)C(=O)C1C[C@H]2CC(O)C[C@@H](C1)C2. The van der Waals surface area contributed by atoms with Crippen LogP contribution < -0.4 is 0 Å². The number of aromatic nitrogens is 1. The molecule has 2 bridgehead atoms. The Labute approximate surface area is 167 Å². The standard InChI is InChI=1S/C24H30N2O2/c1-17-5-2-3-7-21(17)16-26(15-18-6-4-8-25-14-18)24(28)22-10-19-9-20(11-22)13-23(27)12-19/h2-8,14,19-20,22-23,27H,9-13,15-16H2,1H3/t19-,20+,22?,23?. The van der Waals surface area contributed by atoms with Crippen molar-refractivity contribution in [1.82, 2.24) is 9.88 Å². The van der Waals surface area contributed by atoms with Gasteiger partial charge in [-0.25, -0.2) is 0 Å². The molecule has 2 aliphatic rings. The molecule has 28 heavy (non-hydrogen) atoms. The van der Waals surface area contributed by atoms with Gasteiger partial charge in [0.2, 0.25) is 5.91 Å². The first-order chi connectivity index (χ1) is 13.6. The number of aryl methyl sites for hydroxylation is 1. The van der Waals surface area contributed by atoms with Crippen molar-refractivity contribution >= 4 is 5.91 Å². The Morgan fingerprint density at radius 2 is 1.79 bits per heavy atom. The van der Waals surface area contributed by atoms with Crippen LogP contribution in [-0.2, 0) is 17.9 Å². The lowest BCUT2D eigenvalue weighted by molar-refractivity contribution is -0.140. The molecule has 4 heteroatoms. The number of rotatable bonds is 5. The summed E-state index contributed by atoms with van der Waals surface area (Å²) in [6.07, 6.45) is 8.20. The lowest BCUT2D eigenvalue weighted by atomic mass is 9.67. The van der Waals surface area contributed by atoms with Gasteiger partial charge in [-0.05, 0) is 73.6 Å². The maximum atomic E-state index is 13.6. The van der Waals surface area contributed by atoms with Crippen molar-refractivity contribution in [3.05, 3.63) is 65.5 Å². The number of pyridine rings is 1. The zero-order valence-electron chi connectivity index (χ0n) is 16.6. The number of carbonyl (C=O) groups is 1. The third-order valence-corrected chi connectivity index (χ3v) is 6.49. The highest BCUT2D eigenvalue weighted by Gasteiger charge is 2.39. The molecule has 2 aromatic rings. The fraction of sp³-hybridized carbons (Fsp3) is 0.500. The molecule has 1 amide bonds. The highest BCUT2D eigenvalue weighted by molar-refractivity contribution is 5.79. The molecular formula is C24H30N2O2. The first kappa shape index (κ1) is 19.1. The molecule has 4 nitrogen and oxygen atoms in total. The molecule has 0 spiro atoms. The number of fused-ring (bicyclic) bond motifs is 2. The molecule has 0 radical (unpaired) electrons. The monoisotopic (exact) mass is 378 g/mol. The van der Waals surface area contributed by atoms with Crippen LogP contribution in [0.3, 0.4) is 0 Å². The summed E-state index contributed by atoms with van der Waals surface area (Å²) < 4.78 is 0. The molecule has 148 valence electrons. The van der Waals surface area contributed by atoms with Gasteiger partial charge in [0.15, 0.2) is 0 Å². The van der Waals surface area contributed by atoms with Crippen LogP contribution in [0, 0.1) is 24.7 Å². The summed E-state index contributed by atoms with van der Waals surface area (Å²) in [6, 6.07) is 12.3. The molecular weight excluding hydrogens is 348 g/mol. The van der Waals surface area contributed by atoms with E-state index in [0.29, 0.717) is 24.9 Å². The van der Waals surface area contributed by atoms with E-state index in [1.54, 1.807) is 6.20 Å². The van der Waals surface area contributed by atoms with Gasteiger partial charge >= 0.3 is 0 Å². The molecule has 1 aromatic heterocycles. The van der Waals surface area contributed by atoms with Crippen molar-refractivity contribution in [3.63, 3.8) is 0 Å². The summed E-state index contributed by atoms with van der Waals surface area (Å²) in [5.74, 6) is 1.33. The first-order valence-corrected chi connectivity index (χ1v) is 10.5. The Kier molecular flexibility index (Phi) is 5.77. The van der Waals surface area contributed by atoms with Crippen LogP contribution in [0.4, 0.5) is 0 Å². The summed E-state index contributed by atoms with van der Waals surface area (Å²) in [6.45, 7) is 3.33. The van der Waals surface area contributed by atoms with Crippen molar-refractivity contribution in [3.8, 4) is 0 Å². The zero-order chi connectivity index (χ0) is 19.5. The minimum absolute atomic E-state index is 0.0805. The van der Waals surface area contributed by atoms with E-state index in [4.69, 9.17) is 0 Å². The Bertz CT molecular complexity index is 789. The number of benzene rings is 1. The molecule has 2 saturated carbocycles. The van der Waals surface area contributed by atoms with Gasteiger partial charge in [-0.1, -0.05) is 30.3 Å². The second kappa shape index (κ2) is 8.44. The first-order valence-electron chi connectivity index (χ1n) is 10.5. The quantitative estimate of drug-likeness (QED) is 0.852. The van der Waals surface area contributed by atoms with E-state index in [0.717, 1.165) is 31.2 Å². The lowest BCUT2D eigenvalue weighted by Crippen LogP contribution is -2.42. The highest BCUT2D eigenvalue weighted by atomic mass is 16.3. The number of nitrogens with zero attached hydrogens (tertiary/aromatic N) is 2. The summed E-state index contributed by atoms with van der Waals surface area (Å²) in [5, 5.41) is 10.1. The van der Waals surface area contributed by atoms with Crippen molar-refractivity contribution < 1.29 is 9.90 Å². The minimum Gasteiger partial charge on any atom is -0.393 e. The van der Waals surface area contributed by atoms with Crippen molar-refractivity contribution in [2.45, 2.75) is 58.2 Å². The number of aliphatic hydroxyl groups excluding tert-OH is 1. The fourth-order valence-corrected chi connectivity index (χ4v) is 5.19. The summed E-state index contributed by atoms with van der Waals surface area (Å²) in [4.78, 5) is 19.8. The van der Waals surface area contributed by atoms with Gasteiger partial charge in [-0.2, -0.15) is 0 Å². The maximum Gasteiger partial charge on any atom is 0.226 e. The summed E-state index contributed by atoms with van der Waals surface area (Å²) >= 11 is 0. The van der Waals surface area contributed by atoms with E-state index in [-0.39, 0.29) is 17.9 Å². The van der Waals surface area contributed by atoms with Crippen molar-refractivity contribution in [1.29, 1.82) is 0 Å². The molecule has 2 unspecified atom stereocenters. The van der Waals surface area contributed by atoms with Gasteiger partial charge in [0.25, 0.3) is 0 Å². The molecule has 0 saturated heterocycles. The van der Waals surface area contributed by atoms with E-state index >= 15 is 0 Å². The fourth-order valence-electron chi connectivity index (χ4n) is 5.19. The van der Waals surface area contributed by atoms with Gasteiger partial charge in [0, 0.05) is 31.4 Å². The van der Waals surface area contributed by atoms with E-state index in [1.807, 2.05) is 35.4 Å². The third-order valence-electron chi connectivity index (χ3n) is 6.49. The Hall–Kier alpha value is -2.20. The van der Waals surface area contributed by atoms with Crippen LogP contribution in [0.2, 0.25) is 0 Å². The predicted molar refractivity (Wildman–Crippen MR) is 109 cm³/mol. The maximum absolute atomic E-state index is 13.6. The number of amides is 1. The molecule has 2 aliphatic carbocycles. The van der Waals surface area contributed by atoms with E-state index in [2.05, 4.69) is 24.0 Å². The van der Waals surface area contributed by atoms with Gasteiger partial charge in [-0.3, -0.25) is 9.78 Å². The van der Waals surface area contributed by atoms with E-state index in [1.165, 1.54) is 17.5 Å². The van der Waals surface area contributed by atoms with Crippen LogP contribution in [0.5, 0.6) is 0 Å². The summed E-state index contributed by atoms with van der Waals surface area (Å²) in [5.41, 5.74) is 3.48. The van der Waals surface area contributed by atoms with Gasteiger partial charge in [0.1, 0.15) is 0 Å². The molecule has 1 heterocycles. The second-order valence-corrected chi connectivity index (χ2v) is 8.74. The van der Waals surface area contributed by atoms with Gasteiger partial charge < -0.3 is 10.0 Å². The van der Waals surface area contributed by atoms with Crippen LogP contribution in [0.1, 0.15) is 48.8 Å². The Balaban J connectivity index is 1.54. The second-order valence-electron chi connectivity index (χ2n) is 8.74. The van der Waals surface area contributed by atoms with Gasteiger partial charge in [0.05, 0.1) is 6.10 Å². The average Bonchev–Trinajstić information content (AvgIpc) is 2.68. The number of hydrogen-bond acceptors (Lipinski definition) is 3. The molecule has 4 rings (SSSR count). The normalized spacial score (nSPS) is 26.6. The summed E-state index contributed by atoms with van der Waals surface area (Å²) in [7, 11) is 0. The molecule has 2 fully saturated rings. The molecule has 4 atom stereocenters. The molecule has 1 aromatic carbocycles. The van der Waals surface area contributed by atoms with Crippen LogP contribution >= 0.6 is 0 Å². The lowest BCUT2D eigenvalue weighted by Gasteiger charge is -2.41. The van der Waals surface area contributed by atoms with Crippen molar-refractivity contribution in [2.24, 2.45) is 17.8 Å². The van der Waals surface area contributed by atoms with Gasteiger partial charge in [-0.15, -0.1) is 0 Å². The Morgan fingerprint density at radius 1 is 1.04 bits per heavy atom. The van der Waals surface area contributed by atoms with E-state index in [9.17, 15) is 9.90 Å². The van der Waals surface area contributed by atoms with Crippen LogP contribution in [-0.4, -0.2) is 27.0 Å². The smallest absolute Gasteiger partial charge is 0.226 e. The minimum atomic E-state index is -0.168. The number of hydrogen-bond donors (Lipinski definition) is 1. The zero-order valence-corrected chi connectivity index (χ0v) is 16.6. The number of aliphatic hydroxyl groups is 1. The largest absolute Gasteiger partial charge is 0.393 e. The topological polar surface area (TPSA) is 53.4 Å². The third kappa shape index (κ3) is 4.44. The van der Waals surface area contributed by atoms with Crippen LogP contribution in [0.25, 0.3) is 0 Å². The molecule has 1 N–H and O–H groups in total. The van der Waals surface area contributed by atoms with Crippen LogP contribution in [0.15, 0.2) is 48.8 Å². The Morgan fingerprint density at radius 3 is 2.46 bits per heavy atom. The average molecular weight is 379 g/mol. The number of carbonyl (C=O) groups excluding carboxylic acids is 1.